The number of nitrogens with zero attached hydrogens (tertiary/aromatic N) is 2. The van der Waals surface area contributed by atoms with Crippen molar-refractivity contribution in [3.8, 4) is 0 Å². The van der Waals surface area contributed by atoms with Crippen LogP contribution in [0.1, 0.15) is 17.3 Å². The molecule has 0 saturated carbocycles. The van der Waals surface area contributed by atoms with Crippen LogP contribution in [-0.2, 0) is 0 Å². The molecule has 5 heteroatoms. The zero-order chi connectivity index (χ0) is 13.3. The number of carboxylic acids is 1. The van der Waals surface area contributed by atoms with Gasteiger partial charge in [0.2, 0.25) is 0 Å². The Bertz CT molecular complexity index is 464. The van der Waals surface area contributed by atoms with Gasteiger partial charge >= 0.3 is 5.97 Å². The molecule has 1 aliphatic heterocycles. The summed E-state index contributed by atoms with van der Waals surface area (Å²) in [5.41, 5.74) is 0.471. The van der Waals surface area contributed by atoms with Gasteiger partial charge in [-0.15, -0.1) is 0 Å². The van der Waals surface area contributed by atoms with Crippen LogP contribution < -0.4 is 4.90 Å². The second kappa shape index (κ2) is 4.94. The molecule has 1 aliphatic rings. The number of benzene rings is 1. The molecule has 2 rings (SSSR count). The van der Waals surface area contributed by atoms with Crippen LogP contribution in [0.5, 0.6) is 0 Å². The summed E-state index contributed by atoms with van der Waals surface area (Å²) in [5.74, 6) is -1.91. The normalized spacial score (nSPS) is 21.1. The van der Waals surface area contributed by atoms with Gasteiger partial charge in [0.25, 0.3) is 0 Å². The first-order chi connectivity index (χ1) is 8.49. The summed E-state index contributed by atoms with van der Waals surface area (Å²) < 4.78 is 13.6. The lowest BCUT2D eigenvalue weighted by atomic mass is 10.1. The van der Waals surface area contributed by atoms with Gasteiger partial charge in [-0.05, 0) is 32.2 Å². The van der Waals surface area contributed by atoms with Gasteiger partial charge in [0.15, 0.2) is 0 Å². The molecule has 0 bridgehead atoms. The van der Waals surface area contributed by atoms with E-state index < -0.39 is 11.8 Å². The standard InChI is InChI=1S/C13H17FN2O2/c1-9-8-15(2)5-6-16(9)10-3-4-11(13(17)18)12(14)7-10/h3-4,7,9H,5-6,8H2,1-2H3,(H,17,18). The topological polar surface area (TPSA) is 43.8 Å². The molecule has 4 nitrogen and oxygen atoms in total. The lowest BCUT2D eigenvalue weighted by molar-refractivity contribution is 0.0692. The van der Waals surface area contributed by atoms with Crippen molar-refractivity contribution >= 4 is 11.7 Å². The van der Waals surface area contributed by atoms with Crippen molar-refractivity contribution in [1.82, 2.24) is 4.90 Å². The van der Waals surface area contributed by atoms with Crippen molar-refractivity contribution in [2.24, 2.45) is 0 Å². The molecule has 1 saturated heterocycles. The molecule has 1 aromatic carbocycles. The van der Waals surface area contributed by atoms with E-state index in [1.807, 2.05) is 0 Å². The highest BCUT2D eigenvalue weighted by Gasteiger charge is 2.22. The van der Waals surface area contributed by atoms with Gasteiger partial charge in [-0.3, -0.25) is 0 Å². The van der Waals surface area contributed by atoms with Crippen LogP contribution in [0.2, 0.25) is 0 Å². The molecular weight excluding hydrogens is 235 g/mol. The van der Waals surface area contributed by atoms with Crippen molar-refractivity contribution < 1.29 is 14.3 Å². The van der Waals surface area contributed by atoms with Crippen LogP contribution in [0.25, 0.3) is 0 Å². The van der Waals surface area contributed by atoms with Crippen LogP contribution in [0, 0.1) is 5.82 Å². The molecule has 1 N–H and O–H groups in total. The largest absolute Gasteiger partial charge is 0.478 e. The summed E-state index contributed by atoms with van der Waals surface area (Å²) in [7, 11) is 2.06. The highest BCUT2D eigenvalue weighted by molar-refractivity contribution is 5.88. The van der Waals surface area contributed by atoms with Gasteiger partial charge in [-0.1, -0.05) is 0 Å². The van der Waals surface area contributed by atoms with Crippen molar-refractivity contribution in [3.05, 3.63) is 29.6 Å². The van der Waals surface area contributed by atoms with E-state index in [0.717, 1.165) is 25.3 Å². The Kier molecular flexibility index (Phi) is 3.52. The molecule has 0 radical (unpaired) electrons. The molecule has 1 aromatic rings. The fourth-order valence-corrected chi connectivity index (χ4v) is 2.38. The molecule has 98 valence electrons. The second-order valence-electron chi connectivity index (χ2n) is 4.77. The summed E-state index contributed by atoms with van der Waals surface area (Å²) in [6.07, 6.45) is 0. The number of hydrogen-bond donors (Lipinski definition) is 1. The summed E-state index contributed by atoms with van der Waals surface area (Å²) in [5, 5.41) is 8.79. The number of likely N-dealkylation sites (N-methyl/N-ethyl adjacent to an activating group) is 1. The van der Waals surface area contributed by atoms with Crippen LogP contribution in [0.15, 0.2) is 18.2 Å². The first-order valence-electron chi connectivity index (χ1n) is 5.97. The maximum Gasteiger partial charge on any atom is 0.338 e. The molecule has 1 fully saturated rings. The number of aromatic carboxylic acids is 1. The number of piperazine rings is 1. The minimum Gasteiger partial charge on any atom is -0.478 e. The maximum atomic E-state index is 13.6. The number of anilines is 1. The molecule has 18 heavy (non-hydrogen) atoms. The Morgan fingerprint density at radius 3 is 2.72 bits per heavy atom. The summed E-state index contributed by atoms with van der Waals surface area (Å²) in [6, 6.07) is 4.61. The van der Waals surface area contributed by atoms with Crippen LogP contribution in [-0.4, -0.2) is 48.7 Å². The van der Waals surface area contributed by atoms with Crippen molar-refractivity contribution in [1.29, 1.82) is 0 Å². The van der Waals surface area contributed by atoms with E-state index in [9.17, 15) is 9.18 Å². The van der Waals surface area contributed by atoms with Gasteiger partial charge in [-0.2, -0.15) is 0 Å². The number of hydrogen-bond acceptors (Lipinski definition) is 3. The number of carbonyl (C=O) groups is 1. The summed E-state index contributed by atoms with van der Waals surface area (Å²) >= 11 is 0. The third-order valence-corrected chi connectivity index (χ3v) is 3.35. The molecule has 1 unspecified atom stereocenters. The van der Waals surface area contributed by atoms with Crippen molar-refractivity contribution in [3.63, 3.8) is 0 Å². The maximum absolute atomic E-state index is 13.6. The van der Waals surface area contributed by atoms with Crippen molar-refractivity contribution in [2.45, 2.75) is 13.0 Å². The quantitative estimate of drug-likeness (QED) is 0.869. The Morgan fingerprint density at radius 2 is 2.17 bits per heavy atom. The third kappa shape index (κ3) is 2.46. The Morgan fingerprint density at radius 1 is 1.44 bits per heavy atom. The van der Waals surface area contributed by atoms with E-state index in [2.05, 4.69) is 23.8 Å². The van der Waals surface area contributed by atoms with E-state index in [0.29, 0.717) is 6.04 Å². The average molecular weight is 252 g/mol. The van der Waals surface area contributed by atoms with E-state index in [4.69, 9.17) is 5.11 Å². The lowest BCUT2D eigenvalue weighted by Crippen LogP contribution is -2.50. The summed E-state index contributed by atoms with van der Waals surface area (Å²) in [4.78, 5) is 15.1. The molecule has 0 aromatic heterocycles. The van der Waals surface area contributed by atoms with Crippen LogP contribution in [0.4, 0.5) is 10.1 Å². The van der Waals surface area contributed by atoms with E-state index in [1.54, 1.807) is 6.07 Å². The summed E-state index contributed by atoms with van der Waals surface area (Å²) in [6.45, 7) is 4.75. The van der Waals surface area contributed by atoms with Gasteiger partial charge in [-0.25, -0.2) is 9.18 Å². The second-order valence-corrected chi connectivity index (χ2v) is 4.77. The SMILES string of the molecule is CC1CN(C)CCN1c1ccc(C(=O)O)c(F)c1. The fraction of sp³-hybridized carbons (Fsp3) is 0.462. The van der Waals surface area contributed by atoms with Crippen LogP contribution >= 0.6 is 0 Å². The first-order valence-corrected chi connectivity index (χ1v) is 5.97. The van der Waals surface area contributed by atoms with Crippen molar-refractivity contribution in [2.75, 3.05) is 31.6 Å². The molecule has 1 atom stereocenters. The Labute approximate surface area is 106 Å². The number of carboxylic acid groups (broad SMARTS) is 1. The lowest BCUT2D eigenvalue weighted by Gasteiger charge is -2.39. The molecular formula is C13H17FN2O2. The fourth-order valence-electron chi connectivity index (χ4n) is 2.38. The highest BCUT2D eigenvalue weighted by Crippen LogP contribution is 2.22. The Balaban J connectivity index is 2.24. The highest BCUT2D eigenvalue weighted by atomic mass is 19.1. The van der Waals surface area contributed by atoms with Gasteiger partial charge in [0.1, 0.15) is 5.82 Å². The Hall–Kier alpha value is -1.62. The zero-order valence-corrected chi connectivity index (χ0v) is 10.6. The molecule has 0 aliphatic carbocycles. The first kappa shape index (κ1) is 12.8. The van der Waals surface area contributed by atoms with E-state index >= 15 is 0 Å². The molecule has 1 heterocycles. The minimum absolute atomic E-state index is 0.277. The minimum atomic E-state index is -1.23. The molecule has 0 amide bonds. The van der Waals surface area contributed by atoms with Crippen LogP contribution in [0.3, 0.4) is 0 Å². The van der Waals surface area contributed by atoms with Gasteiger partial charge in [0.05, 0.1) is 5.56 Å². The number of rotatable bonds is 2. The van der Waals surface area contributed by atoms with E-state index in [1.165, 1.54) is 12.1 Å². The van der Waals surface area contributed by atoms with E-state index in [-0.39, 0.29) is 5.56 Å². The predicted octanol–water partition coefficient (Wildman–Crippen LogP) is 1.66. The zero-order valence-electron chi connectivity index (χ0n) is 10.6. The average Bonchev–Trinajstić information content (AvgIpc) is 2.28. The third-order valence-electron chi connectivity index (χ3n) is 3.35. The van der Waals surface area contributed by atoms with Gasteiger partial charge < -0.3 is 14.9 Å². The smallest absolute Gasteiger partial charge is 0.338 e. The number of halogens is 1. The monoisotopic (exact) mass is 252 g/mol. The van der Waals surface area contributed by atoms with Gasteiger partial charge in [0, 0.05) is 31.4 Å². The predicted molar refractivity (Wildman–Crippen MR) is 67.7 cm³/mol. The molecule has 0 spiro atoms.